The monoisotopic (exact) mass is 507 g/mol. The van der Waals surface area contributed by atoms with Crippen molar-refractivity contribution >= 4 is 39.0 Å². The highest BCUT2D eigenvalue weighted by atomic mass is 32.1. The minimum absolute atomic E-state index is 0.0760. The van der Waals surface area contributed by atoms with Gasteiger partial charge in [0.25, 0.3) is 5.91 Å². The van der Waals surface area contributed by atoms with E-state index in [4.69, 9.17) is 9.40 Å². The van der Waals surface area contributed by atoms with Gasteiger partial charge in [-0.2, -0.15) is 0 Å². The topological polar surface area (TPSA) is 87.7 Å². The number of aromatic hydroxyl groups is 1. The van der Waals surface area contributed by atoms with Crippen molar-refractivity contribution < 1.29 is 14.3 Å². The average Bonchev–Trinajstić information content (AvgIpc) is 3.28. The molecule has 2 N–H and O–H groups in total. The van der Waals surface area contributed by atoms with Crippen LogP contribution < -0.4 is 10.9 Å². The number of anilines is 1. The lowest BCUT2D eigenvalue weighted by Crippen LogP contribution is -2.21. The molecule has 0 radical (unpaired) electrons. The molecule has 1 aliphatic carbocycles. The van der Waals surface area contributed by atoms with Crippen LogP contribution in [0.25, 0.3) is 22.2 Å². The van der Waals surface area contributed by atoms with E-state index in [1.807, 2.05) is 37.3 Å². The van der Waals surface area contributed by atoms with Gasteiger partial charge in [0.05, 0.1) is 11.4 Å². The molecule has 5 aromatic rings. The van der Waals surface area contributed by atoms with Gasteiger partial charge >= 0.3 is 0 Å². The van der Waals surface area contributed by atoms with E-state index in [2.05, 4.69) is 28.5 Å². The van der Waals surface area contributed by atoms with Crippen molar-refractivity contribution in [1.82, 2.24) is 4.98 Å². The molecule has 0 spiro atoms. The van der Waals surface area contributed by atoms with Crippen LogP contribution in [0.2, 0.25) is 0 Å². The van der Waals surface area contributed by atoms with Gasteiger partial charge in [-0.05, 0) is 80.1 Å². The van der Waals surface area contributed by atoms with E-state index in [-0.39, 0.29) is 22.8 Å². The van der Waals surface area contributed by atoms with Gasteiger partial charge in [-0.25, -0.2) is 9.98 Å². The number of hydrogen-bond donors (Lipinski definition) is 2. The van der Waals surface area contributed by atoms with Gasteiger partial charge in [0.1, 0.15) is 16.9 Å². The number of para-hydroxylation sites is 1. The lowest BCUT2D eigenvalue weighted by Gasteiger charge is -2.16. The predicted molar refractivity (Wildman–Crippen MR) is 146 cm³/mol. The van der Waals surface area contributed by atoms with Crippen LogP contribution in [0.5, 0.6) is 5.75 Å². The normalized spacial score (nSPS) is 13.5. The number of carbonyl (C=O) groups excluding carboxylic acids is 1. The van der Waals surface area contributed by atoms with Crippen LogP contribution in [0.4, 0.5) is 10.8 Å². The van der Waals surface area contributed by atoms with Gasteiger partial charge in [0.2, 0.25) is 5.55 Å². The quantitative estimate of drug-likeness (QED) is 0.276. The fraction of sp³-hybridized carbons (Fsp3) is 0.167. The molecule has 0 saturated heterocycles. The molecule has 0 saturated carbocycles. The summed E-state index contributed by atoms with van der Waals surface area (Å²) in [6.07, 6.45) is 4.71. The maximum atomic E-state index is 13.5. The van der Waals surface area contributed by atoms with Crippen molar-refractivity contribution in [1.29, 1.82) is 0 Å². The molecule has 2 aromatic heterocycles. The first-order valence-electron chi connectivity index (χ1n) is 12.3. The number of carbonyl (C=O) groups is 1. The molecule has 3 aromatic carbocycles. The van der Waals surface area contributed by atoms with E-state index in [1.165, 1.54) is 41.4 Å². The molecular weight excluding hydrogens is 482 g/mol. The highest BCUT2D eigenvalue weighted by Gasteiger charge is 2.18. The van der Waals surface area contributed by atoms with Gasteiger partial charge in [-0.15, -0.1) is 11.3 Å². The number of phenols is 1. The highest BCUT2D eigenvalue weighted by molar-refractivity contribution is 7.16. The summed E-state index contributed by atoms with van der Waals surface area (Å²) in [6.45, 7) is 2.02. The molecule has 37 heavy (non-hydrogen) atoms. The third-order valence-electron chi connectivity index (χ3n) is 6.60. The second kappa shape index (κ2) is 9.67. The van der Waals surface area contributed by atoms with Crippen LogP contribution in [0, 0.1) is 6.92 Å². The van der Waals surface area contributed by atoms with Crippen LogP contribution in [0.3, 0.4) is 0 Å². The van der Waals surface area contributed by atoms with Gasteiger partial charge in [0.15, 0.2) is 5.13 Å². The maximum absolute atomic E-state index is 13.5. The van der Waals surface area contributed by atoms with E-state index >= 15 is 0 Å². The zero-order chi connectivity index (χ0) is 25.4. The molecule has 6 nitrogen and oxygen atoms in total. The molecule has 0 fully saturated rings. The molecular formula is C30H25N3O3S. The van der Waals surface area contributed by atoms with E-state index in [9.17, 15) is 9.90 Å². The number of nitrogens with one attached hydrogen (secondary N) is 1. The zero-order valence-corrected chi connectivity index (χ0v) is 21.1. The first-order valence-corrected chi connectivity index (χ1v) is 13.1. The van der Waals surface area contributed by atoms with E-state index in [1.54, 1.807) is 18.2 Å². The Hall–Kier alpha value is -4.23. The van der Waals surface area contributed by atoms with Crippen LogP contribution in [-0.2, 0) is 12.8 Å². The lowest BCUT2D eigenvalue weighted by molar-refractivity contribution is 0.102. The molecule has 0 bridgehead atoms. The van der Waals surface area contributed by atoms with Crippen LogP contribution in [-0.4, -0.2) is 16.0 Å². The number of rotatable bonds is 4. The fourth-order valence-electron chi connectivity index (χ4n) is 4.74. The maximum Gasteiger partial charge on any atom is 0.262 e. The lowest BCUT2D eigenvalue weighted by atomic mass is 9.90. The number of phenolic OH excluding ortho intramolecular Hbond substituents is 1. The smallest absolute Gasteiger partial charge is 0.262 e. The number of aromatic nitrogens is 1. The van der Waals surface area contributed by atoms with Crippen molar-refractivity contribution in [3.8, 4) is 17.0 Å². The van der Waals surface area contributed by atoms with E-state index in [0.29, 0.717) is 21.8 Å². The fourth-order valence-corrected chi connectivity index (χ4v) is 5.57. The van der Waals surface area contributed by atoms with Crippen LogP contribution in [0.15, 0.2) is 82.2 Å². The average molecular weight is 508 g/mol. The predicted octanol–water partition coefficient (Wildman–Crippen LogP) is 6.93. The van der Waals surface area contributed by atoms with E-state index in [0.717, 1.165) is 29.0 Å². The van der Waals surface area contributed by atoms with Crippen molar-refractivity contribution in [3.05, 3.63) is 99.9 Å². The third-order valence-corrected chi connectivity index (χ3v) is 7.49. The molecule has 0 aliphatic heterocycles. The number of aryl methyl sites for hydroxylation is 3. The van der Waals surface area contributed by atoms with Crippen molar-refractivity contribution in [2.45, 2.75) is 32.6 Å². The standard InChI is InChI=1S/C30H25N3O3S/c1-18-27(22-12-11-19-7-5-6-8-20(19)15-22)32-30(37-18)33-28(35)25-16-21-13-14-24(34)17-26(21)36-29(25)31-23-9-3-2-4-10-23/h2-4,9-17,34H,5-8H2,1H3,(H,32,33,35). The molecule has 1 amide bonds. The number of hydrogen-bond acceptors (Lipinski definition) is 6. The Morgan fingerprint density at radius 3 is 2.65 bits per heavy atom. The molecule has 2 heterocycles. The van der Waals surface area contributed by atoms with Gasteiger partial charge < -0.3 is 9.52 Å². The highest BCUT2D eigenvalue weighted by Crippen LogP contribution is 2.33. The molecule has 7 heteroatoms. The summed E-state index contributed by atoms with van der Waals surface area (Å²) in [5, 5.41) is 14.0. The summed E-state index contributed by atoms with van der Waals surface area (Å²) in [6, 6.07) is 22.4. The Morgan fingerprint density at radius 2 is 1.81 bits per heavy atom. The van der Waals surface area contributed by atoms with Crippen molar-refractivity contribution in [2.24, 2.45) is 4.99 Å². The molecule has 1 aliphatic rings. The Kier molecular flexibility index (Phi) is 6.06. The minimum atomic E-state index is -0.362. The largest absolute Gasteiger partial charge is 0.508 e. The van der Waals surface area contributed by atoms with E-state index < -0.39 is 0 Å². The van der Waals surface area contributed by atoms with Gasteiger partial charge in [0, 0.05) is 21.9 Å². The molecule has 6 rings (SSSR count). The third kappa shape index (κ3) is 4.78. The number of amides is 1. The second-order valence-electron chi connectivity index (χ2n) is 9.20. The summed E-state index contributed by atoms with van der Waals surface area (Å²) in [7, 11) is 0. The Balaban J connectivity index is 1.36. The number of fused-ring (bicyclic) bond motifs is 2. The summed E-state index contributed by atoms with van der Waals surface area (Å²) < 4.78 is 5.98. The van der Waals surface area contributed by atoms with Crippen molar-refractivity contribution in [2.75, 3.05) is 5.32 Å². The first-order chi connectivity index (χ1) is 18.0. The molecule has 0 atom stereocenters. The van der Waals surface area contributed by atoms with Gasteiger partial charge in [-0.3, -0.25) is 10.1 Å². The zero-order valence-electron chi connectivity index (χ0n) is 20.3. The number of benzene rings is 3. The Morgan fingerprint density at radius 1 is 1.00 bits per heavy atom. The number of nitrogens with zero attached hydrogens (tertiary/aromatic N) is 2. The number of thiazole rings is 1. The molecule has 184 valence electrons. The minimum Gasteiger partial charge on any atom is -0.508 e. The van der Waals surface area contributed by atoms with Gasteiger partial charge in [-0.1, -0.05) is 30.3 Å². The second-order valence-corrected chi connectivity index (χ2v) is 10.4. The Bertz CT molecular complexity index is 1700. The van der Waals surface area contributed by atoms with Crippen molar-refractivity contribution in [3.63, 3.8) is 0 Å². The van der Waals surface area contributed by atoms with Crippen LogP contribution in [0.1, 0.15) is 39.2 Å². The summed E-state index contributed by atoms with van der Waals surface area (Å²) in [5.41, 5.74) is 6.33. The first kappa shape index (κ1) is 23.2. The summed E-state index contributed by atoms with van der Waals surface area (Å²) in [4.78, 5) is 23.9. The summed E-state index contributed by atoms with van der Waals surface area (Å²) in [5.74, 6) is -0.286. The summed E-state index contributed by atoms with van der Waals surface area (Å²) >= 11 is 1.45. The van der Waals surface area contributed by atoms with Crippen LogP contribution >= 0.6 is 11.3 Å². The molecule has 0 unspecified atom stereocenters. The Labute approximate surface area is 218 Å². The SMILES string of the molecule is Cc1sc(NC(=O)c2cc3ccc(O)cc3oc2=Nc2ccccc2)nc1-c1ccc2c(c1)CCCC2.